The van der Waals surface area contributed by atoms with Crippen molar-refractivity contribution in [3.63, 3.8) is 0 Å². The first-order valence-corrected chi connectivity index (χ1v) is 7.05. The van der Waals surface area contributed by atoms with Gasteiger partial charge in [-0.3, -0.25) is 4.40 Å². The van der Waals surface area contributed by atoms with Gasteiger partial charge >= 0.3 is 0 Å². The molecule has 0 amide bonds. The Morgan fingerprint density at radius 3 is 2.55 bits per heavy atom. The van der Waals surface area contributed by atoms with Gasteiger partial charge in [0, 0.05) is 12.0 Å². The van der Waals surface area contributed by atoms with Crippen LogP contribution in [0.4, 0.5) is 0 Å². The number of fused-ring (bicyclic) bond motifs is 2. The zero-order valence-electron chi connectivity index (χ0n) is 11.0. The molecular weight excluding hydrogens is 272 g/mol. The van der Waals surface area contributed by atoms with Gasteiger partial charge in [-0.15, -0.1) is 10.2 Å². The summed E-state index contributed by atoms with van der Waals surface area (Å²) in [4.78, 5) is 4.30. The van der Waals surface area contributed by atoms with Crippen LogP contribution in [0.2, 0.25) is 5.15 Å². The van der Waals surface area contributed by atoms with Crippen LogP contribution >= 0.6 is 11.6 Å². The summed E-state index contributed by atoms with van der Waals surface area (Å²) in [7, 11) is 0. The van der Waals surface area contributed by atoms with Gasteiger partial charge in [0.05, 0.1) is 0 Å². The summed E-state index contributed by atoms with van der Waals surface area (Å²) < 4.78 is 2.02. The van der Waals surface area contributed by atoms with E-state index < -0.39 is 0 Å². The molecule has 0 atom stereocenters. The minimum absolute atomic E-state index is 0.365. The van der Waals surface area contributed by atoms with Crippen molar-refractivity contribution in [1.82, 2.24) is 19.6 Å². The molecule has 0 saturated carbocycles. The van der Waals surface area contributed by atoms with E-state index in [0.29, 0.717) is 11.1 Å². The smallest absolute Gasteiger partial charge is 0.165 e. The third-order valence-corrected chi connectivity index (χ3v) is 4.16. The highest BCUT2D eigenvalue weighted by Gasteiger charge is 2.27. The van der Waals surface area contributed by atoms with Crippen molar-refractivity contribution in [1.29, 1.82) is 0 Å². The lowest BCUT2D eigenvalue weighted by atomic mass is 10.1. The van der Waals surface area contributed by atoms with Crippen LogP contribution in [-0.4, -0.2) is 19.6 Å². The maximum atomic E-state index is 5.97. The van der Waals surface area contributed by atoms with Gasteiger partial charge < -0.3 is 0 Å². The van der Waals surface area contributed by atoms with E-state index in [1.54, 1.807) is 6.07 Å². The minimum atomic E-state index is 0.365. The minimum Gasteiger partial charge on any atom is -0.266 e. The Hall–Kier alpha value is -1.94. The maximum absolute atomic E-state index is 5.97. The van der Waals surface area contributed by atoms with Gasteiger partial charge in [-0.05, 0) is 30.9 Å². The highest BCUT2D eigenvalue weighted by Crippen LogP contribution is 2.33. The van der Waals surface area contributed by atoms with Gasteiger partial charge in [-0.1, -0.05) is 35.9 Å². The van der Waals surface area contributed by atoms with Crippen LogP contribution < -0.4 is 0 Å². The molecular formula is C15H13ClN4. The predicted molar refractivity (Wildman–Crippen MR) is 77.1 cm³/mol. The third-order valence-electron chi connectivity index (χ3n) is 3.97. The zero-order valence-corrected chi connectivity index (χ0v) is 11.8. The van der Waals surface area contributed by atoms with Crippen molar-refractivity contribution in [2.75, 3.05) is 0 Å². The molecule has 100 valence electrons. The normalized spacial score (nSPS) is 14.9. The highest BCUT2D eigenvalue weighted by atomic mass is 35.5. The molecule has 4 nitrogen and oxygen atoms in total. The van der Waals surface area contributed by atoms with Gasteiger partial charge in [0.15, 0.2) is 5.65 Å². The summed E-state index contributed by atoms with van der Waals surface area (Å²) in [5.74, 6) is 2.19. The molecule has 1 aromatic carbocycles. The van der Waals surface area contributed by atoms with Crippen LogP contribution in [0, 0.1) is 6.92 Å². The van der Waals surface area contributed by atoms with Gasteiger partial charge in [0.25, 0.3) is 0 Å². The monoisotopic (exact) mass is 284 g/mol. The van der Waals surface area contributed by atoms with Crippen molar-refractivity contribution in [3.8, 4) is 0 Å². The lowest BCUT2D eigenvalue weighted by Gasteiger charge is -2.08. The fourth-order valence-electron chi connectivity index (χ4n) is 3.08. The zero-order chi connectivity index (χ0) is 13.7. The predicted octanol–water partition coefficient (Wildman–Crippen LogP) is 2.97. The van der Waals surface area contributed by atoms with Gasteiger partial charge in [0.1, 0.15) is 16.8 Å². The number of benzene rings is 1. The van der Waals surface area contributed by atoms with Crippen LogP contribution in [0.3, 0.4) is 0 Å². The summed E-state index contributed by atoms with van der Waals surface area (Å²) in [6.07, 6.45) is 2.03. The van der Waals surface area contributed by atoms with E-state index in [2.05, 4.69) is 39.4 Å². The van der Waals surface area contributed by atoms with Crippen molar-refractivity contribution < 1.29 is 0 Å². The van der Waals surface area contributed by atoms with Crippen LogP contribution in [0.15, 0.2) is 30.3 Å². The molecule has 0 fully saturated rings. The van der Waals surface area contributed by atoms with Gasteiger partial charge in [-0.2, -0.15) is 0 Å². The topological polar surface area (TPSA) is 43.1 Å². The van der Waals surface area contributed by atoms with Crippen LogP contribution in [0.5, 0.6) is 0 Å². The number of hydrogen-bond acceptors (Lipinski definition) is 3. The number of hydrogen-bond donors (Lipinski definition) is 0. The molecule has 0 unspecified atom stereocenters. The van der Waals surface area contributed by atoms with Gasteiger partial charge in [-0.25, -0.2) is 4.98 Å². The second-order valence-electron chi connectivity index (χ2n) is 5.25. The number of halogens is 1. The van der Waals surface area contributed by atoms with E-state index >= 15 is 0 Å². The Kier molecular flexibility index (Phi) is 2.54. The molecule has 0 N–H and O–H groups in total. The van der Waals surface area contributed by atoms with Crippen molar-refractivity contribution >= 4 is 17.2 Å². The molecule has 0 saturated heterocycles. The molecule has 1 aliphatic carbocycles. The second-order valence-corrected chi connectivity index (χ2v) is 5.64. The van der Waals surface area contributed by atoms with Gasteiger partial charge in [0.2, 0.25) is 0 Å². The number of aromatic nitrogens is 4. The van der Waals surface area contributed by atoms with E-state index in [1.807, 2.05) is 11.3 Å². The SMILES string of the molecule is Cc1nc(Cl)cc2nnc(C3Cc4ccccc4C3)n12. The Balaban J connectivity index is 1.82. The fourth-order valence-corrected chi connectivity index (χ4v) is 3.30. The summed E-state index contributed by atoms with van der Waals surface area (Å²) in [6.45, 7) is 1.94. The van der Waals surface area contributed by atoms with Crippen LogP contribution in [-0.2, 0) is 12.8 Å². The molecule has 0 bridgehead atoms. The molecule has 0 radical (unpaired) electrons. The van der Waals surface area contributed by atoms with E-state index in [-0.39, 0.29) is 0 Å². The summed E-state index contributed by atoms with van der Waals surface area (Å²) in [5.41, 5.74) is 3.59. The maximum Gasteiger partial charge on any atom is 0.165 e. The van der Waals surface area contributed by atoms with E-state index in [1.165, 1.54) is 11.1 Å². The Morgan fingerprint density at radius 2 is 1.85 bits per heavy atom. The molecule has 2 aromatic heterocycles. The first-order chi connectivity index (χ1) is 9.72. The summed E-state index contributed by atoms with van der Waals surface area (Å²) in [6, 6.07) is 10.3. The lowest BCUT2D eigenvalue weighted by Crippen LogP contribution is -2.07. The Labute approximate surface area is 121 Å². The fraction of sp³-hybridized carbons (Fsp3) is 0.267. The molecule has 3 aromatic rings. The number of rotatable bonds is 1. The average Bonchev–Trinajstić information content (AvgIpc) is 3.00. The van der Waals surface area contributed by atoms with Crippen molar-refractivity contribution in [2.45, 2.75) is 25.7 Å². The molecule has 0 aliphatic heterocycles. The quantitative estimate of drug-likeness (QED) is 0.645. The average molecular weight is 285 g/mol. The van der Waals surface area contributed by atoms with E-state index in [4.69, 9.17) is 11.6 Å². The first kappa shape index (κ1) is 11.9. The van der Waals surface area contributed by atoms with E-state index in [0.717, 1.165) is 30.1 Å². The Bertz CT molecular complexity index is 784. The summed E-state index contributed by atoms with van der Waals surface area (Å²) in [5, 5.41) is 9.07. The number of nitrogens with zero attached hydrogens (tertiary/aromatic N) is 4. The van der Waals surface area contributed by atoms with Crippen LogP contribution in [0.1, 0.15) is 28.7 Å². The first-order valence-electron chi connectivity index (χ1n) is 6.67. The van der Waals surface area contributed by atoms with E-state index in [9.17, 15) is 0 Å². The molecule has 5 heteroatoms. The lowest BCUT2D eigenvalue weighted by molar-refractivity contribution is 0.664. The molecule has 0 spiro atoms. The largest absolute Gasteiger partial charge is 0.266 e. The molecule has 1 aliphatic rings. The number of aryl methyl sites for hydroxylation is 1. The second kappa shape index (κ2) is 4.28. The standard InChI is InChI=1S/C15H13ClN4/c1-9-17-13(16)8-14-18-19-15(20(9)14)12-6-10-4-2-3-5-11(10)7-12/h2-5,8,12H,6-7H2,1H3. The molecule has 4 rings (SSSR count). The summed E-state index contributed by atoms with van der Waals surface area (Å²) >= 11 is 5.97. The van der Waals surface area contributed by atoms with Crippen LogP contribution in [0.25, 0.3) is 5.65 Å². The highest BCUT2D eigenvalue weighted by molar-refractivity contribution is 6.29. The van der Waals surface area contributed by atoms with Crippen molar-refractivity contribution in [2.24, 2.45) is 0 Å². The Morgan fingerprint density at radius 1 is 1.15 bits per heavy atom. The van der Waals surface area contributed by atoms with Crippen molar-refractivity contribution in [3.05, 3.63) is 58.3 Å². The molecule has 2 heterocycles. The molecule has 20 heavy (non-hydrogen) atoms. The third kappa shape index (κ3) is 1.72.